The highest BCUT2D eigenvalue weighted by molar-refractivity contribution is 5.99. The van der Waals surface area contributed by atoms with E-state index in [-0.39, 0.29) is 17.7 Å². The Balaban J connectivity index is 1.28. The van der Waals surface area contributed by atoms with Crippen LogP contribution in [-0.4, -0.2) is 79.8 Å². The Kier molecular flexibility index (Phi) is 6.19. The zero-order chi connectivity index (χ0) is 26.4. The molecule has 6 rings (SSSR count). The zero-order valence-corrected chi connectivity index (χ0v) is 22.2. The predicted molar refractivity (Wildman–Crippen MR) is 146 cm³/mol. The van der Waals surface area contributed by atoms with Crippen LogP contribution in [0.3, 0.4) is 0 Å². The van der Waals surface area contributed by atoms with Gasteiger partial charge in [-0.1, -0.05) is 13.8 Å². The van der Waals surface area contributed by atoms with Crippen LogP contribution in [0.25, 0.3) is 44.6 Å². The lowest BCUT2D eigenvalue weighted by atomic mass is 9.95. The van der Waals surface area contributed by atoms with Crippen LogP contribution in [0.1, 0.15) is 50.0 Å². The minimum absolute atomic E-state index is 0.130. The normalized spacial score (nSPS) is 15.2. The second-order valence-electron chi connectivity index (χ2n) is 10.6. The summed E-state index contributed by atoms with van der Waals surface area (Å²) < 4.78 is 6.20. The maximum Gasteiger partial charge on any atom is 0.247 e. The van der Waals surface area contributed by atoms with E-state index in [0.717, 1.165) is 64.7 Å². The lowest BCUT2D eigenvalue weighted by molar-refractivity contribution is -0.130. The van der Waals surface area contributed by atoms with Gasteiger partial charge in [0.25, 0.3) is 0 Å². The maximum atomic E-state index is 12.0. The van der Waals surface area contributed by atoms with E-state index in [1.165, 1.54) is 5.56 Å². The first kappa shape index (κ1) is 24.3. The van der Waals surface area contributed by atoms with E-state index in [4.69, 9.17) is 4.42 Å². The molecule has 0 saturated carbocycles. The van der Waals surface area contributed by atoms with Crippen molar-refractivity contribution in [2.24, 2.45) is 0 Å². The number of amides is 1. The zero-order valence-electron chi connectivity index (χ0n) is 22.2. The Labute approximate surface area is 220 Å². The summed E-state index contributed by atoms with van der Waals surface area (Å²) in [4.78, 5) is 23.9. The fourth-order valence-electron chi connectivity index (χ4n) is 5.41. The second kappa shape index (κ2) is 9.68. The summed E-state index contributed by atoms with van der Waals surface area (Å²) in [6.45, 7) is 6.55. The van der Waals surface area contributed by atoms with E-state index in [1.54, 1.807) is 25.2 Å². The van der Waals surface area contributed by atoms with E-state index in [0.29, 0.717) is 18.3 Å². The fraction of sp³-hybridized carbons (Fsp3) is 0.393. The van der Waals surface area contributed by atoms with Gasteiger partial charge in [-0.3, -0.25) is 14.8 Å². The summed E-state index contributed by atoms with van der Waals surface area (Å²) in [7, 11) is 3.59. The van der Waals surface area contributed by atoms with Gasteiger partial charge < -0.3 is 14.3 Å². The Morgan fingerprint density at radius 1 is 1.16 bits per heavy atom. The lowest BCUT2D eigenvalue weighted by Crippen LogP contribution is -2.40. The number of carbonyl (C=O) groups excluding carboxylic acids is 1. The number of aromatic amines is 2. The van der Waals surface area contributed by atoms with Crippen LogP contribution in [0.4, 0.5) is 0 Å². The van der Waals surface area contributed by atoms with Gasteiger partial charge in [-0.05, 0) is 61.7 Å². The number of piperidine rings is 1. The van der Waals surface area contributed by atoms with Gasteiger partial charge in [-0.25, -0.2) is 4.98 Å². The second-order valence-corrected chi connectivity index (χ2v) is 10.6. The van der Waals surface area contributed by atoms with Crippen molar-refractivity contribution in [3.8, 4) is 22.7 Å². The highest BCUT2D eigenvalue weighted by Crippen LogP contribution is 2.39. The van der Waals surface area contributed by atoms with E-state index < -0.39 is 0 Å². The summed E-state index contributed by atoms with van der Waals surface area (Å²) in [5, 5.41) is 18.1. The molecular formula is C28H32N8O2. The predicted octanol–water partition coefficient (Wildman–Crippen LogP) is 4.55. The highest BCUT2D eigenvalue weighted by atomic mass is 16.4. The number of likely N-dealkylation sites (N-methyl/N-ethyl adjacent to an activating group) is 1. The monoisotopic (exact) mass is 512 g/mol. The minimum Gasteiger partial charge on any atom is -0.420 e. The van der Waals surface area contributed by atoms with Crippen molar-refractivity contribution in [3.05, 3.63) is 48.1 Å². The first-order valence-corrected chi connectivity index (χ1v) is 13.1. The number of aromatic nitrogens is 6. The summed E-state index contributed by atoms with van der Waals surface area (Å²) in [5.41, 5.74) is 6.11. The van der Waals surface area contributed by atoms with Crippen molar-refractivity contribution in [1.82, 2.24) is 40.2 Å². The van der Waals surface area contributed by atoms with Gasteiger partial charge in [-0.2, -0.15) is 5.10 Å². The van der Waals surface area contributed by atoms with Crippen molar-refractivity contribution in [2.75, 3.05) is 33.7 Å². The molecule has 4 aromatic heterocycles. The van der Waals surface area contributed by atoms with E-state index in [1.807, 2.05) is 18.3 Å². The number of H-pyrrole nitrogens is 2. The number of likely N-dealkylation sites (tertiary alicyclic amines) is 1. The van der Waals surface area contributed by atoms with Crippen LogP contribution in [0.2, 0.25) is 0 Å². The van der Waals surface area contributed by atoms with Crippen LogP contribution in [0.5, 0.6) is 0 Å². The smallest absolute Gasteiger partial charge is 0.247 e. The van der Waals surface area contributed by atoms with Gasteiger partial charge in [0.1, 0.15) is 0 Å². The Hall–Kier alpha value is -4.05. The van der Waals surface area contributed by atoms with Crippen molar-refractivity contribution in [3.63, 3.8) is 0 Å². The fourth-order valence-corrected chi connectivity index (χ4v) is 5.41. The standard InChI is InChI=1S/C28H32N8O2/c1-16(2)24-20-13-18(5-6-22(20)31-25(24)19-7-10-29-26-21(19)14-30-32-26)28-34-33-27(38-28)17-8-11-36(12-9-17)15-23(37)35(3)4/h5-7,10,13-14,16-17,31H,8-9,11-12,15H2,1-4H3,(H,29,30,32). The third-order valence-corrected chi connectivity index (χ3v) is 7.52. The molecule has 0 bridgehead atoms. The number of nitrogens with zero attached hydrogens (tertiary/aromatic N) is 6. The molecule has 1 saturated heterocycles. The number of pyridine rings is 1. The summed E-state index contributed by atoms with van der Waals surface area (Å²) >= 11 is 0. The van der Waals surface area contributed by atoms with Crippen LogP contribution < -0.4 is 0 Å². The molecule has 10 nitrogen and oxygen atoms in total. The first-order valence-electron chi connectivity index (χ1n) is 13.1. The Morgan fingerprint density at radius 2 is 1.97 bits per heavy atom. The van der Waals surface area contributed by atoms with Crippen LogP contribution in [-0.2, 0) is 4.79 Å². The molecule has 1 aliphatic rings. The largest absolute Gasteiger partial charge is 0.420 e. The molecule has 1 aromatic carbocycles. The average molecular weight is 513 g/mol. The molecule has 196 valence electrons. The van der Waals surface area contributed by atoms with Crippen molar-refractivity contribution < 1.29 is 9.21 Å². The quantitative estimate of drug-likeness (QED) is 0.343. The molecule has 0 spiro atoms. The van der Waals surface area contributed by atoms with Crippen LogP contribution in [0.15, 0.2) is 41.1 Å². The molecular weight excluding hydrogens is 480 g/mol. The van der Waals surface area contributed by atoms with Crippen LogP contribution >= 0.6 is 0 Å². The molecule has 1 fully saturated rings. The van der Waals surface area contributed by atoms with E-state index in [9.17, 15) is 4.79 Å². The number of hydrogen-bond acceptors (Lipinski definition) is 7. The Bertz CT molecular complexity index is 1600. The summed E-state index contributed by atoms with van der Waals surface area (Å²) in [6.07, 6.45) is 5.42. The topological polar surface area (TPSA) is 120 Å². The third-order valence-electron chi connectivity index (χ3n) is 7.52. The molecule has 0 atom stereocenters. The molecule has 38 heavy (non-hydrogen) atoms. The summed E-state index contributed by atoms with van der Waals surface area (Å²) in [6, 6.07) is 8.28. The number of benzene rings is 1. The van der Waals surface area contributed by atoms with Crippen LogP contribution in [0, 0.1) is 0 Å². The first-order chi connectivity index (χ1) is 18.4. The van der Waals surface area contributed by atoms with E-state index in [2.05, 4.69) is 61.2 Å². The lowest BCUT2D eigenvalue weighted by Gasteiger charge is -2.30. The van der Waals surface area contributed by atoms with Gasteiger partial charge in [0.15, 0.2) is 5.65 Å². The number of fused-ring (bicyclic) bond motifs is 2. The molecule has 5 aromatic rings. The number of carbonyl (C=O) groups is 1. The Morgan fingerprint density at radius 3 is 2.74 bits per heavy atom. The number of hydrogen-bond donors (Lipinski definition) is 2. The third kappa shape index (κ3) is 4.34. The molecule has 10 heteroatoms. The van der Waals surface area contributed by atoms with Crippen molar-refractivity contribution >= 4 is 27.8 Å². The molecule has 1 amide bonds. The molecule has 0 unspecified atom stereocenters. The average Bonchev–Trinajstić information content (AvgIpc) is 3.66. The maximum absolute atomic E-state index is 12.0. The molecule has 1 aliphatic heterocycles. The SMILES string of the molecule is CC(C)c1c(-c2ccnc3[nH]ncc23)[nH]c2ccc(-c3nnc(C4CCN(CC(=O)N(C)C)CC4)o3)cc12. The number of rotatable bonds is 6. The van der Waals surface area contributed by atoms with Crippen molar-refractivity contribution in [1.29, 1.82) is 0 Å². The van der Waals surface area contributed by atoms with Gasteiger partial charge in [-0.15, -0.1) is 10.2 Å². The van der Waals surface area contributed by atoms with Gasteiger partial charge in [0.05, 0.1) is 18.4 Å². The minimum atomic E-state index is 0.130. The van der Waals surface area contributed by atoms with Gasteiger partial charge in [0.2, 0.25) is 17.7 Å². The number of nitrogens with one attached hydrogen (secondary N) is 2. The molecule has 0 aliphatic carbocycles. The highest BCUT2D eigenvalue weighted by Gasteiger charge is 2.27. The molecule has 2 N–H and O–H groups in total. The van der Waals surface area contributed by atoms with Gasteiger partial charge >= 0.3 is 0 Å². The van der Waals surface area contributed by atoms with E-state index >= 15 is 0 Å². The molecule has 5 heterocycles. The van der Waals surface area contributed by atoms with Gasteiger partial charge in [0, 0.05) is 53.6 Å². The summed E-state index contributed by atoms with van der Waals surface area (Å²) in [5.74, 6) is 1.83. The molecule has 0 radical (unpaired) electrons. The van der Waals surface area contributed by atoms with Crippen molar-refractivity contribution in [2.45, 2.75) is 38.5 Å².